The van der Waals surface area contributed by atoms with E-state index in [2.05, 4.69) is 13.8 Å². The van der Waals surface area contributed by atoms with Crippen molar-refractivity contribution in [3.63, 3.8) is 0 Å². The van der Waals surface area contributed by atoms with Crippen LogP contribution in [-0.4, -0.2) is 23.3 Å². The molecule has 0 saturated carbocycles. The zero-order valence-electron chi connectivity index (χ0n) is 12.2. The molecule has 0 aliphatic carbocycles. The summed E-state index contributed by atoms with van der Waals surface area (Å²) in [6.07, 6.45) is 2.12. The lowest BCUT2D eigenvalue weighted by Gasteiger charge is -2.19. The van der Waals surface area contributed by atoms with E-state index in [9.17, 15) is 0 Å². The predicted molar refractivity (Wildman–Crippen MR) is 85.8 cm³/mol. The quantitative estimate of drug-likeness (QED) is 0.877. The molecule has 112 valence electrons. The topological polar surface area (TPSA) is 57.6 Å². The first-order valence-corrected chi connectivity index (χ1v) is 7.49. The summed E-state index contributed by atoms with van der Waals surface area (Å²) in [6, 6.07) is 7.65. The normalized spacial score (nSPS) is 20.8. The molecule has 2 N–H and O–H groups in total. The van der Waals surface area contributed by atoms with Crippen LogP contribution in [0.25, 0.3) is 11.0 Å². The minimum absolute atomic E-state index is 0.0709. The van der Waals surface area contributed by atoms with Crippen molar-refractivity contribution in [2.75, 3.05) is 6.61 Å². The van der Waals surface area contributed by atoms with Gasteiger partial charge in [0.2, 0.25) is 5.76 Å². The average molecular weight is 305 g/mol. The Morgan fingerprint density at radius 2 is 2.19 bits per heavy atom. The van der Waals surface area contributed by atoms with Crippen LogP contribution in [0.2, 0.25) is 0 Å². The summed E-state index contributed by atoms with van der Waals surface area (Å²) in [7, 11) is 0. The zero-order chi connectivity index (χ0) is 15.0. The van der Waals surface area contributed by atoms with Gasteiger partial charge in [-0.05, 0) is 38.8 Å². The van der Waals surface area contributed by atoms with Crippen LogP contribution in [0.1, 0.15) is 32.4 Å². The summed E-state index contributed by atoms with van der Waals surface area (Å²) in [4.78, 5) is 0.203. The van der Waals surface area contributed by atoms with Crippen molar-refractivity contribution in [1.82, 2.24) is 0 Å². The van der Waals surface area contributed by atoms with Gasteiger partial charge in [0.25, 0.3) is 0 Å². The molecule has 1 fully saturated rings. The Balaban J connectivity index is 1.83. The molecule has 0 spiro atoms. The highest BCUT2D eigenvalue weighted by Gasteiger charge is 2.32. The molecular formula is C16H19NO3S. The molecule has 1 aromatic heterocycles. The lowest BCUT2D eigenvalue weighted by atomic mass is 10.1. The van der Waals surface area contributed by atoms with Gasteiger partial charge >= 0.3 is 0 Å². The third kappa shape index (κ3) is 2.89. The Hall–Kier alpha value is -1.59. The van der Waals surface area contributed by atoms with Crippen LogP contribution < -0.4 is 10.5 Å². The van der Waals surface area contributed by atoms with Gasteiger partial charge in [0, 0.05) is 0 Å². The third-order valence-electron chi connectivity index (χ3n) is 3.74. The van der Waals surface area contributed by atoms with Gasteiger partial charge in [-0.3, -0.25) is 0 Å². The number of para-hydroxylation sites is 1. The van der Waals surface area contributed by atoms with E-state index >= 15 is 0 Å². The van der Waals surface area contributed by atoms with Crippen LogP contribution in [0.5, 0.6) is 5.75 Å². The maximum atomic E-state index is 5.94. The third-order valence-corrected chi connectivity index (χ3v) is 3.93. The minimum atomic E-state index is -0.0709. The highest BCUT2D eigenvalue weighted by atomic mass is 32.1. The van der Waals surface area contributed by atoms with Crippen molar-refractivity contribution in [2.45, 2.75) is 38.4 Å². The average Bonchev–Trinajstić information content (AvgIpc) is 2.96. The Bertz CT molecular complexity index is 677. The molecule has 0 amide bonds. The largest absolute Gasteiger partial charge is 0.486 e. The summed E-state index contributed by atoms with van der Waals surface area (Å²) >= 11 is 5.05. The molecule has 5 heteroatoms. The smallest absolute Gasteiger partial charge is 0.204 e. The van der Waals surface area contributed by atoms with Crippen LogP contribution in [-0.2, 0) is 4.74 Å². The Labute approximate surface area is 129 Å². The van der Waals surface area contributed by atoms with Crippen molar-refractivity contribution in [3.05, 3.63) is 30.0 Å². The lowest BCUT2D eigenvalue weighted by molar-refractivity contribution is -0.0325. The molecule has 4 nitrogen and oxygen atoms in total. The SMILES string of the molecule is CC1(C)CCC(COc2c(C(N)=S)oc3ccccc23)O1. The van der Waals surface area contributed by atoms with Gasteiger partial charge in [-0.25, -0.2) is 0 Å². The van der Waals surface area contributed by atoms with E-state index in [0.29, 0.717) is 18.1 Å². The number of ether oxygens (including phenoxy) is 2. The van der Waals surface area contributed by atoms with Gasteiger partial charge < -0.3 is 19.6 Å². The molecule has 1 unspecified atom stereocenters. The number of hydrogen-bond acceptors (Lipinski definition) is 4. The summed E-state index contributed by atoms with van der Waals surface area (Å²) in [5.41, 5.74) is 6.39. The van der Waals surface area contributed by atoms with Crippen molar-refractivity contribution in [2.24, 2.45) is 5.73 Å². The molecular weight excluding hydrogens is 286 g/mol. The first-order valence-electron chi connectivity index (χ1n) is 7.08. The number of hydrogen-bond donors (Lipinski definition) is 1. The molecule has 0 bridgehead atoms. The second-order valence-corrected chi connectivity index (χ2v) is 6.41. The summed E-state index contributed by atoms with van der Waals surface area (Å²) < 4.78 is 17.6. The second-order valence-electron chi connectivity index (χ2n) is 5.97. The number of nitrogens with two attached hydrogens (primary N) is 1. The van der Waals surface area contributed by atoms with Crippen molar-refractivity contribution in [1.29, 1.82) is 0 Å². The number of thiocarbonyl (C=S) groups is 1. The maximum absolute atomic E-state index is 5.94. The standard InChI is InChI=1S/C16H19NO3S/c1-16(2)8-7-10(20-16)9-18-13-11-5-3-4-6-12(11)19-14(13)15(17)21/h3-6,10H,7-9H2,1-2H3,(H2,17,21). The van der Waals surface area contributed by atoms with Crippen LogP contribution >= 0.6 is 12.2 Å². The number of furan rings is 1. The van der Waals surface area contributed by atoms with Gasteiger partial charge in [-0.2, -0.15) is 0 Å². The number of fused-ring (bicyclic) bond motifs is 1. The Morgan fingerprint density at radius 1 is 1.43 bits per heavy atom. The second kappa shape index (κ2) is 5.31. The predicted octanol–water partition coefficient (Wildman–Crippen LogP) is 3.40. The minimum Gasteiger partial charge on any atom is -0.486 e. The molecule has 1 aliphatic heterocycles. The van der Waals surface area contributed by atoms with Crippen molar-refractivity contribution in [3.8, 4) is 5.75 Å². The maximum Gasteiger partial charge on any atom is 0.204 e. The van der Waals surface area contributed by atoms with E-state index in [1.807, 2.05) is 24.3 Å². The van der Waals surface area contributed by atoms with Crippen LogP contribution in [0.15, 0.2) is 28.7 Å². The summed E-state index contributed by atoms with van der Waals surface area (Å²) in [5, 5.41) is 0.887. The van der Waals surface area contributed by atoms with Gasteiger partial charge in [0.1, 0.15) is 17.2 Å². The molecule has 1 saturated heterocycles. The molecule has 21 heavy (non-hydrogen) atoms. The fraction of sp³-hybridized carbons (Fsp3) is 0.438. The van der Waals surface area contributed by atoms with Crippen LogP contribution in [0.3, 0.4) is 0 Å². The molecule has 1 aromatic carbocycles. The number of rotatable bonds is 4. The van der Waals surface area contributed by atoms with Crippen molar-refractivity contribution >= 4 is 28.2 Å². The van der Waals surface area contributed by atoms with Gasteiger partial charge in [-0.1, -0.05) is 24.4 Å². The lowest BCUT2D eigenvalue weighted by Crippen LogP contribution is -2.24. The Morgan fingerprint density at radius 3 is 2.86 bits per heavy atom. The van der Waals surface area contributed by atoms with Gasteiger partial charge in [-0.15, -0.1) is 0 Å². The monoisotopic (exact) mass is 305 g/mol. The van der Waals surface area contributed by atoms with Crippen molar-refractivity contribution < 1.29 is 13.9 Å². The summed E-state index contributed by atoms with van der Waals surface area (Å²) in [6.45, 7) is 4.67. The first-order chi connectivity index (χ1) is 9.96. The molecule has 3 rings (SSSR count). The zero-order valence-corrected chi connectivity index (χ0v) is 13.0. The highest BCUT2D eigenvalue weighted by molar-refractivity contribution is 7.80. The van der Waals surface area contributed by atoms with Gasteiger partial charge in [0.05, 0.1) is 17.1 Å². The van der Waals surface area contributed by atoms with E-state index in [0.717, 1.165) is 23.8 Å². The fourth-order valence-electron chi connectivity index (χ4n) is 2.70. The molecule has 0 radical (unpaired) electrons. The molecule has 1 atom stereocenters. The number of benzene rings is 1. The highest BCUT2D eigenvalue weighted by Crippen LogP contribution is 2.35. The first kappa shape index (κ1) is 14.4. The van der Waals surface area contributed by atoms with E-state index in [4.69, 9.17) is 31.8 Å². The van der Waals surface area contributed by atoms with E-state index in [-0.39, 0.29) is 16.7 Å². The molecule has 2 heterocycles. The Kier molecular flexibility index (Phi) is 3.63. The van der Waals surface area contributed by atoms with E-state index in [1.54, 1.807) is 0 Å². The molecule has 2 aromatic rings. The van der Waals surface area contributed by atoms with Crippen LogP contribution in [0.4, 0.5) is 0 Å². The summed E-state index contributed by atoms with van der Waals surface area (Å²) in [5.74, 6) is 1.05. The van der Waals surface area contributed by atoms with E-state index < -0.39 is 0 Å². The molecule has 1 aliphatic rings. The van der Waals surface area contributed by atoms with Crippen LogP contribution in [0, 0.1) is 0 Å². The van der Waals surface area contributed by atoms with E-state index in [1.165, 1.54) is 0 Å². The van der Waals surface area contributed by atoms with Gasteiger partial charge in [0.15, 0.2) is 5.75 Å². The fourth-order valence-corrected chi connectivity index (χ4v) is 2.83.